The molecule has 0 spiro atoms. The smallest absolute Gasteiger partial charge is 0.227 e. The molecule has 1 aromatic carbocycles. The van der Waals surface area contributed by atoms with E-state index in [2.05, 4.69) is 0 Å². The van der Waals surface area contributed by atoms with Gasteiger partial charge in [-0.3, -0.25) is 9.59 Å². The van der Waals surface area contributed by atoms with Gasteiger partial charge in [-0.2, -0.15) is 0 Å². The molecule has 0 radical (unpaired) electrons. The van der Waals surface area contributed by atoms with Crippen LogP contribution in [0.25, 0.3) is 0 Å². The number of Topliss-reactive ketones (excluding diaryl/α,β-unsaturated/α-hetero) is 1. The number of amides is 1. The van der Waals surface area contributed by atoms with Gasteiger partial charge >= 0.3 is 0 Å². The van der Waals surface area contributed by atoms with E-state index in [0.717, 1.165) is 12.0 Å². The first kappa shape index (κ1) is 13.7. The summed E-state index contributed by atoms with van der Waals surface area (Å²) in [4.78, 5) is 25.7. The van der Waals surface area contributed by atoms with Gasteiger partial charge in [0.15, 0.2) is 5.78 Å². The number of rotatable bonds is 4. The Kier molecular flexibility index (Phi) is 4.29. The van der Waals surface area contributed by atoms with E-state index in [9.17, 15) is 9.59 Å². The topological polar surface area (TPSA) is 89.4 Å². The number of hydrogen-bond donors (Lipinski definition) is 2. The van der Waals surface area contributed by atoms with Crippen LogP contribution in [0.1, 0.15) is 18.4 Å². The van der Waals surface area contributed by atoms with Gasteiger partial charge in [0.05, 0.1) is 12.5 Å². The highest BCUT2D eigenvalue weighted by Gasteiger charge is 2.35. The van der Waals surface area contributed by atoms with E-state index in [-0.39, 0.29) is 11.7 Å². The van der Waals surface area contributed by atoms with E-state index in [1.54, 1.807) is 4.90 Å². The molecule has 2 rings (SSSR count). The maximum Gasteiger partial charge on any atom is 0.227 e. The maximum absolute atomic E-state index is 12.2. The summed E-state index contributed by atoms with van der Waals surface area (Å²) in [6, 6.07) is 9.05. The number of likely N-dealkylation sites (tertiary alicyclic amines) is 1. The Morgan fingerprint density at radius 3 is 2.58 bits per heavy atom. The zero-order chi connectivity index (χ0) is 13.8. The number of carbonyl (C=O) groups excluding carboxylic acids is 2. The van der Waals surface area contributed by atoms with E-state index >= 15 is 0 Å². The summed E-state index contributed by atoms with van der Waals surface area (Å²) in [5.41, 5.74) is 11.8. The van der Waals surface area contributed by atoms with Crippen molar-refractivity contribution >= 4 is 11.7 Å². The molecule has 19 heavy (non-hydrogen) atoms. The van der Waals surface area contributed by atoms with Crippen molar-refractivity contribution in [2.24, 2.45) is 11.5 Å². The zero-order valence-corrected chi connectivity index (χ0v) is 10.8. The molecule has 102 valence electrons. The molecule has 4 N–H and O–H groups in total. The largest absolute Gasteiger partial charge is 0.332 e. The number of ketones is 1. The van der Waals surface area contributed by atoms with E-state index in [1.165, 1.54) is 0 Å². The number of hydrogen-bond acceptors (Lipinski definition) is 4. The number of nitrogens with zero attached hydrogens (tertiary/aromatic N) is 1. The highest BCUT2D eigenvalue weighted by Crippen LogP contribution is 2.19. The molecule has 1 heterocycles. The van der Waals surface area contributed by atoms with Crippen LogP contribution in [-0.4, -0.2) is 35.3 Å². The molecule has 1 aliphatic rings. The van der Waals surface area contributed by atoms with Crippen molar-refractivity contribution in [3.8, 4) is 0 Å². The minimum Gasteiger partial charge on any atom is -0.332 e. The van der Waals surface area contributed by atoms with Gasteiger partial charge in [0.1, 0.15) is 6.17 Å². The number of carbonyl (C=O) groups is 2. The molecule has 5 heteroatoms. The minimum absolute atomic E-state index is 0.0392. The lowest BCUT2D eigenvalue weighted by atomic mass is 10.1. The average molecular weight is 261 g/mol. The predicted octanol–water partition coefficient (Wildman–Crippen LogP) is 0.0327. The van der Waals surface area contributed by atoms with Crippen LogP contribution >= 0.6 is 0 Å². The first-order chi connectivity index (χ1) is 9.09. The van der Waals surface area contributed by atoms with Crippen LogP contribution in [0.15, 0.2) is 30.3 Å². The van der Waals surface area contributed by atoms with Crippen LogP contribution in [0.2, 0.25) is 0 Å². The van der Waals surface area contributed by atoms with Crippen LogP contribution in [-0.2, 0) is 16.0 Å². The first-order valence-corrected chi connectivity index (χ1v) is 6.48. The van der Waals surface area contributed by atoms with E-state index in [0.29, 0.717) is 19.4 Å². The summed E-state index contributed by atoms with van der Waals surface area (Å²) >= 11 is 0. The van der Waals surface area contributed by atoms with Crippen molar-refractivity contribution in [1.29, 1.82) is 0 Å². The standard InChI is InChI=1S/C14H19N3O2/c15-14(16)13(19)11-7-4-8-17(11)12(18)9-10-5-2-1-3-6-10/h1-3,5-6,11,14H,4,7-9,15-16H2/t11-/m0/s1. The lowest BCUT2D eigenvalue weighted by Gasteiger charge is -2.24. The zero-order valence-electron chi connectivity index (χ0n) is 10.8. The van der Waals surface area contributed by atoms with Gasteiger partial charge in [0.2, 0.25) is 5.91 Å². The molecular weight excluding hydrogens is 242 g/mol. The summed E-state index contributed by atoms with van der Waals surface area (Å²) in [5.74, 6) is -0.290. The molecule has 0 aliphatic carbocycles. The summed E-state index contributed by atoms with van der Waals surface area (Å²) in [6.07, 6.45) is 0.786. The quantitative estimate of drug-likeness (QED) is 0.748. The third-order valence-electron chi connectivity index (χ3n) is 3.43. The van der Waals surface area contributed by atoms with E-state index in [4.69, 9.17) is 11.5 Å². The molecular formula is C14H19N3O2. The van der Waals surface area contributed by atoms with Crippen LogP contribution < -0.4 is 11.5 Å². The van der Waals surface area contributed by atoms with Crippen LogP contribution in [0.3, 0.4) is 0 Å². The van der Waals surface area contributed by atoms with Crippen molar-refractivity contribution < 1.29 is 9.59 Å². The Morgan fingerprint density at radius 2 is 1.95 bits per heavy atom. The maximum atomic E-state index is 12.2. The second-order valence-corrected chi connectivity index (χ2v) is 4.84. The summed E-state index contributed by atoms with van der Waals surface area (Å²) in [7, 11) is 0. The van der Waals surface area contributed by atoms with E-state index < -0.39 is 12.2 Å². The van der Waals surface area contributed by atoms with Crippen LogP contribution in [0, 0.1) is 0 Å². The van der Waals surface area contributed by atoms with Gasteiger partial charge in [-0.05, 0) is 18.4 Å². The highest BCUT2D eigenvalue weighted by molar-refractivity contribution is 5.93. The van der Waals surface area contributed by atoms with Crippen molar-refractivity contribution in [3.63, 3.8) is 0 Å². The average Bonchev–Trinajstić information content (AvgIpc) is 2.88. The Hall–Kier alpha value is -1.72. The molecule has 0 unspecified atom stereocenters. The molecule has 0 aromatic heterocycles. The Morgan fingerprint density at radius 1 is 1.26 bits per heavy atom. The molecule has 1 aliphatic heterocycles. The summed E-state index contributed by atoms with van der Waals surface area (Å²) in [6.45, 7) is 0.606. The summed E-state index contributed by atoms with van der Waals surface area (Å²) < 4.78 is 0. The van der Waals surface area contributed by atoms with Crippen molar-refractivity contribution in [3.05, 3.63) is 35.9 Å². The fraction of sp³-hybridized carbons (Fsp3) is 0.429. The molecule has 1 aromatic rings. The van der Waals surface area contributed by atoms with Crippen LogP contribution in [0.4, 0.5) is 0 Å². The number of nitrogens with two attached hydrogens (primary N) is 2. The minimum atomic E-state index is -1.00. The monoisotopic (exact) mass is 261 g/mol. The normalized spacial score (nSPS) is 18.9. The third-order valence-corrected chi connectivity index (χ3v) is 3.43. The number of benzene rings is 1. The predicted molar refractivity (Wildman–Crippen MR) is 72.1 cm³/mol. The van der Waals surface area contributed by atoms with Crippen molar-refractivity contribution in [2.75, 3.05) is 6.54 Å². The molecule has 1 amide bonds. The molecule has 1 fully saturated rings. The summed E-state index contributed by atoms with van der Waals surface area (Å²) in [5, 5.41) is 0. The van der Waals surface area contributed by atoms with E-state index in [1.807, 2.05) is 30.3 Å². The Balaban J connectivity index is 2.04. The van der Waals surface area contributed by atoms with Gasteiger partial charge in [-0.1, -0.05) is 30.3 Å². The third kappa shape index (κ3) is 3.19. The lowest BCUT2D eigenvalue weighted by molar-refractivity contribution is -0.137. The van der Waals surface area contributed by atoms with Gasteiger partial charge in [0.25, 0.3) is 0 Å². The van der Waals surface area contributed by atoms with Gasteiger partial charge in [0, 0.05) is 6.54 Å². The Bertz CT molecular complexity index is 459. The van der Waals surface area contributed by atoms with Gasteiger partial charge in [-0.15, -0.1) is 0 Å². The van der Waals surface area contributed by atoms with Crippen LogP contribution in [0.5, 0.6) is 0 Å². The molecule has 5 nitrogen and oxygen atoms in total. The highest BCUT2D eigenvalue weighted by atomic mass is 16.2. The molecule has 1 saturated heterocycles. The second-order valence-electron chi connectivity index (χ2n) is 4.84. The first-order valence-electron chi connectivity index (χ1n) is 6.48. The second kappa shape index (κ2) is 5.95. The van der Waals surface area contributed by atoms with Crippen molar-refractivity contribution in [2.45, 2.75) is 31.5 Å². The fourth-order valence-electron chi connectivity index (χ4n) is 2.46. The van der Waals surface area contributed by atoms with Crippen molar-refractivity contribution in [1.82, 2.24) is 4.90 Å². The Labute approximate surface area is 112 Å². The SMILES string of the molecule is NC(N)C(=O)[C@@H]1CCCN1C(=O)Cc1ccccc1. The molecule has 1 atom stereocenters. The molecule has 0 saturated carbocycles. The molecule has 0 bridgehead atoms. The van der Waals surface area contributed by atoms with Gasteiger partial charge < -0.3 is 16.4 Å². The lowest BCUT2D eigenvalue weighted by Crippen LogP contribution is -2.51. The van der Waals surface area contributed by atoms with Gasteiger partial charge in [-0.25, -0.2) is 0 Å². The fourth-order valence-corrected chi connectivity index (χ4v) is 2.46.